The van der Waals surface area contributed by atoms with E-state index in [4.69, 9.17) is 5.73 Å². The number of rotatable bonds is 15. The van der Waals surface area contributed by atoms with Crippen molar-refractivity contribution in [1.82, 2.24) is 9.44 Å². The number of carbonyl (C=O) groups is 2. The number of nitrogens with one attached hydrogen (secondary N) is 2. The second-order valence-corrected chi connectivity index (χ2v) is 16.5. The summed E-state index contributed by atoms with van der Waals surface area (Å²) in [5, 5.41) is 0. The van der Waals surface area contributed by atoms with Gasteiger partial charge in [-0.15, -0.1) is 0 Å². The molecule has 4 aromatic carbocycles. The van der Waals surface area contributed by atoms with E-state index >= 15 is 0 Å². The SMILES string of the molecule is CC(C)C[C@H](N)C(=O)NS(=O)(=O)c1ccc(-c2cccc(-c3cccc(-c4cccc(S(=O)(=O)NC(=O)CCCCC5CC5)c4)c3)c2)cc1. The molecule has 9 nitrogen and oxygen atoms in total. The quantitative estimate of drug-likeness (QED) is 0.118. The summed E-state index contributed by atoms with van der Waals surface area (Å²) in [7, 11) is -8.10. The summed E-state index contributed by atoms with van der Waals surface area (Å²) in [5.41, 5.74) is 10.8. The van der Waals surface area contributed by atoms with E-state index in [2.05, 4.69) is 9.44 Å². The van der Waals surface area contributed by atoms with Crippen molar-refractivity contribution in [3.05, 3.63) is 97.1 Å². The Balaban J connectivity index is 1.28. The molecule has 1 fully saturated rings. The lowest BCUT2D eigenvalue weighted by atomic mass is 9.96. The van der Waals surface area contributed by atoms with Crippen molar-refractivity contribution in [3.63, 3.8) is 0 Å². The average Bonchev–Trinajstić information content (AvgIpc) is 3.91. The number of carbonyl (C=O) groups excluding carboxylic acids is 2. The van der Waals surface area contributed by atoms with Gasteiger partial charge in [0, 0.05) is 6.42 Å². The van der Waals surface area contributed by atoms with Crippen LogP contribution in [0.3, 0.4) is 0 Å². The molecule has 0 unspecified atom stereocenters. The van der Waals surface area contributed by atoms with Crippen molar-refractivity contribution in [2.45, 2.75) is 74.6 Å². The van der Waals surface area contributed by atoms with Crippen molar-refractivity contribution in [3.8, 4) is 33.4 Å². The lowest BCUT2D eigenvalue weighted by Crippen LogP contribution is -2.43. The molecule has 1 atom stereocenters. The molecule has 5 rings (SSSR count). The monoisotopic (exact) mass is 701 g/mol. The van der Waals surface area contributed by atoms with E-state index in [1.807, 2.05) is 68.4 Å². The lowest BCUT2D eigenvalue weighted by Gasteiger charge is -2.14. The molecule has 1 aliphatic rings. The number of benzene rings is 4. The highest BCUT2D eigenvalue weighted by Crippen LogP contribution is 2.34. The Hall–Kier alpha value is -4.32. The summed E-state index contributed by atoms with van der Waals surface area (Å²) in [6, 6.07) is 27.3. The first-order valence-electron chi connectivity index (χ1n) is 16.6. The molecule has 0 heterocycles. The van der Waals surface area contributed by atoms with Crippen LogP contribution in [0.15, 0.2) is 107 Å². The van der Waals surface area contributed by atoms with Crippen molar-refractivity contribution >= 4 is 31.9 Å². The zero-order valence-corrected chi connectivity index (χ0v) is 29.4. The van der Waals surface area contributed by atoms with Gasteiger partial charge in [-0.3, -0.25) is 9.59 Å². The second kappa shape index (κ2) is 15.5. The van der Waals surface area contributed by atoms with E-state index in [1.54, 1.807) is 24.3 Å². The van der Waals surface area contributed by atoms with Crippen LogP contribution in [0, 0.1) is 11.8 Å². The number of hydrogen-bond donors (Lipinski definition) is 3. The minimum atomic E-state index is -4.08. The van der Waals surface area contributed by atoms with Crippen molar-refractivity contribution < 1.29 is 26.4 Å². The molecule has 0 radical (unpaired) electrons. The third kappa shape index (κ3) is 9.87. The van der Waals surface area contributed by atoms with Crippen LogP contribution in [0.1, 0.15) is 58.8 Å². The maximum atomic E-state index is 13.0. The molecule has 0 spiro atoms. The van der Waals surface area contributed by atoms with Gasteiger partial charge in [-0.2, -0.15) is 0 Å². The molecule has 4 aromatic rings. The fourth-order valence-corrected chi connectivity index (χ4v) is 7.78. The topological polar surface area (TPSA) is 152 Å². The standard InChI is InChI=1S/C38H43N3O6S2/c1-26(2)22-36(39)38(43)41-48(44,45)34-20-18-28(19-21-34)29-9-5-10-30(23-29)31-11-6-12-32(24-31)33-13-7-14-35(25-33)49(46,47)40-37(42)15-4-3-8-27-16-17-27/h5-7,9-14,18-21,23-27,36H,3-4,8,15-17,22,39H2,1-2H3,(H,40,42)(H,41,43)/t36-/m0/s1. The Morgan fingerprint density at radius 1 is 0.673 bits per heavy atom. The summed E-state index contributed by atoms with van der Waals surface area (Å²) in [4.78, 5) is 24.7. The van der Waals surface area contributed by atoms with Crippen molar-refractivity contribution in [2.75, 3.05) is 0 Å². The van der Waals surface area contributed by atoms with Gasteiger partial charge < -0.3 is 5.73 Å². The van der Waals surface area contributed by atoms with E-state index in [0.717, 1.165) is 46.6 Å². The van der Waals surface area contributed by atoms with Gasteiger partial charge in [-0.25, -0.2) is 26.3 Å². The molecule has 1 aliphatic carbocycles. The number of amides is 2. The van der Waals surface area contributed by atoms with Gasteiger partial charge >= 0.3 is 0 Å². The maximum absolute atomic E-state index is 13.0. The third-order valence-corrected chi connectivity index (χ3v) is 11.3. The molecule has 11 heteroatoms. The van der Waals surface area contributed by atoms with Gasteiger partial charge in [0.2, 0.25) is 5.91 Å². The minimum absolute atomic E-state index is 0.0205. The normalized spacial score (nSPS) is 14.0. The minimum Gasteiger partial charge on any atom is -0.320 e. The molecule has 258 valence electrons. The molecule has 2 amide bonds. The number of sulfonamides is 2. The van der Waals surface area contributed by atoms with E-state index in [1.165, 1.54) is 31.0 Å². The molecule has 49 heavy (non-hydrogen) atoms. The molecule has 0 aromatic heterocycles. The van der Waals surface area contributed by atoms with Gasteiger partial charge in [0.1, 0.15) is 0 Å². The highest BCUT2D eigenvalue weighted by Gasteiger charge is 2.23. The Kier molecular flexibility index (Phi) is 11.4. The summed E-state index contributed by atoms with van der Waals surface area (Å²) in [6.45, 7) is 3.81. The molecular formula is C38H43N3O6S2. The van der Waals surface area contributed by atoms with Crippen LogP contribution in [0.25, 0.3) is 33.4 Å². The smallest absolute Gasteiger partial charge is 0.264 e. The Bertz CT molecular complexity index is 2020. The van der Waals surface area contributed by atoms with E-state index in [9.17, 15) is 26.4 Å². The number of nitrogens with two attached hydrogens (primary N) is 1. The van der Waals surface area contributed by atoms with E-state index in [0.29, 0.717) is 18.4 Å². The number of unbranched alkanes of at least 4 members (excludes halogenated alkanes) is 1. The molecule has 0 bridgehead atoms. The Labute approximate surface area is 289 Å². The fourth-order valence-electron chi connectivity index (χ4n) is 5.69. The van der Waals surface area contributed by atoms with E-state index in [-0.39, 0.29) is 22.1 Å². The first-order valence-corrected chi connectivity index (χ1v) is 19.6. The Morgan fingerprint density at radius 3 is 1.73 bits per heavy atom. The lowest BCUT2D eigenvalue weighted by molar-refractivity contribution is -0.121. The van der Waals surface area contributed by atoms with Gasteiger partial charge in [0.05, 0.1) is 15.8 Å². The number of hydrogen-bond acceptors (Lipinski definition) is 7. The predicted octanol–water partition coefficient (Wildman–Crippen LogP) is 6.64. The van der Waals surface area contributed by atoms with Crippen LogP contribution in [0.4, 0.5) is 0 Å². The summed E-state index contributed by atoms with van der Waals surface area (Å²) in [6.07, 6.45) is 5.77. The van der Waals surface area contributed by atoms with Crippen LogP contribution in [0.5, 0.6) is 0 Å². The first-order chi connectivity index (χ1) is 23.3. The molecule has 1 saturated carbocycles. The largest absolute Gasteiger partial charge is 0.320 e. The van der Waals surface area contributed by atoms with Gasteiger partial charge in [0.15, 0.2) is 0 Å². The van der Waals surface area contributed by atoms with Crippen LogP contribution in [-0.2, 0) is 29.6 Å². The van der Waals surface area contributed by atoms with Gasteiger partial charge in [0.25, 0.3) is 26.0 Å². The van der Waals surface area contributed by atoms with Crippen LogP contribution in [0.2, 0.25) is 0 Å². The van der Waals surface area contributed by atoms with Crippen molar-refractivity contribution in [1.29, 1.82) is 0 Å². The second-order valence-electron chi connectivity index (χ2n) is 13.1. The maximum Gasteiger partial charge on any atom is 0.264 e. The molecule has 4 N–H and O–H groups in total. The van der Waals surface area contributed by atoms with Crippen molar-refractivity contribution in [2.24, 2.45) is 17.6 Å². The predicted molar refractivity (Wildman–Crippen MR) is 192 cm³/mol. The summed E-state index contributed by atoms with van der Waals surface area (Å²) < 4.78 is 56.0. The highest BCUT2D eigenvalue weighted by molar-refractivity contribution is 7.90. The van der Waals surface area contributed by atoms with E-state index < -0.39 is 37.9 Å². The van der Waals surface area contributed by atoms with Crippen LogP contribution < -0.4 is 15.2 Å². The fraction of sp³-hybridized carbons (Fsp3) is 0.316. The Morgan fingerprint density at radius 2 is 1.18 bits per heavy atom. The average molecular weight is 702 g/mol. The third-order valence-electron chi connectivity index (χ3n) is 8.54. The first kappa shape index (κ1) is 36.0. The highest BCUT2D eigenvalue weighted by atomic mass is 32.2. The van der Waals surface area contributed by atoms with Gasteiger partial charge in [-0.05, 0) is 94.5 Å². The van der Waals surface area contributed by atoms with Gasteiger partial charge in [-0.1, -0.05) is 100 Å². The van der Waals surface area contributed by atoms with Crippen LogP contribution >= 0.6 is 0 Å². The molecular weight excluding hydrogens is 659 g/mol. The molecule has 0 aliphatic heterocycles. The summed E-state index contributed by atoms with van der Waals surface area (Å²) >= 11 is 0. The van der Waals surface area contributed by atoms with Crippen LogP contribution in [-0.4, -0.2) is 34.7 Å². The molecule has 0 saturated heterocycles. The summed E-state index contributed by atoms with van der Waals surface area (Å²) in [5.74, 6) is -0.303. The zero-order valence-electron chi connectivity index (χ0n) is 27.8. The zero-order chi connectivity index (χ0) is 35.2.